The number of piperidine rings is 1. The molecule has 0 aliphatic carbocycles. The highest BCUT2D eigenvalue weighted by Crippen LogP contribution is 2.13. The summed E-state index contributed by atoms with van der Waals surface area (Å²) in [7, 11) is 0. The SMILES string of the molecule is OC[C@H]1NC(O)[C@H](O)[C@H](O)[C@@H]1O. The van der Waals surface area contributed by atoms with Crippen LogP contribution in [0, 0.1) is 0 Å². The zero-order chi connectivity index (χ0) is 9.30. The van der Waals surface area contributed by atoms with Crippen molar-refractivity contribution in [3.63, 3.8) is 0 Å². The number of aliphatic hydroxyl groups excluding tert-OH is 5. The van der Waals surface area contributed by atoms with E-state index in [9.17, 15) is 5.11 Å². The zero-order valence-corrected chi connectivity index (χ0v) is 6.33. The summed E-state index contributed by atoms with van der Waals surface area (Å²) >= 11 is 0. The molecule has 0 amide bonds. The summed E-state index contributed by atoms with van der Waals surface area (Å²) < 4.78 is 0. The van der Waals surface area contributed by atoms with Gasteiger partial charge in [-0.3, -0.25) is 5.32 Å². The monoisotopic (exact) mass is 179 g/mol. The van der Waals surface area contributed by atoms with E-state index in [1.807, 2.05) is 0 Å². The van der Waals surface area contributed by atoms with E-state index >= 15 is 0 Å². The maximum absolute atomic E-state index is 9.18. The molecule has 1 heterocycles. The Morgan fingerprint density at radius 1 is 0.917 bits per heavy atom. The molecule has 0 spiro atoms. The first-order valence-electron chi connectivity index (χ1n) is 3.67. The Morgan fingerprint density at radius 2 is 1.50 bits per heavy atom. The van der Waals surface area contributed by atoms with E-state index in [1.165, 1.54) is 0 Å². The van der Waals surface area contributed by atoms with Crippen LogP contribution in [-0.4, -0.2) is 62.7 Å². The molecule has 1 aliphatic heterocycles. The molecule has 12 heavy (non-hydrogen) atoms. The fourth-order valence-electron chi connectivity index (χ4n) is 1.20. The van der Waals surface area contributed by atoms with Gasteiger partial charge in [0.15, 0.2) is 0 Å². The molecule has 1 unspecified atom stereocenters. The first-order chi connectivity index (χ1) is 5.57. The van der Waals surface area contributed by atoms with Crippen molar-refractivity contribution < 1.29 is 25.5 Å². The second kappa shape index (κ2) is 3.65. The maximum Gasteiger partial charge on any atom is 0.134 e. The average molecular weight is 179 g/mol. The van der Waals surface area contributed by atoms with Crippen molar-refractivity contribution >= 4 is 0 Å². The summed E-state index contributed by atoms with van der Waals surface area (Å²) in [5.74, 6) is 0. The van der Waals surface area contributed by atoms with Crippen LogP contribution in [0.5, 0.6) is 0 Å². The van der Waals surface area contributed by atoms with E-state index in [0.29, 0.717) is 0 Å². The Balaban J connectivity index is 2.63. The highest BCUT2D eigenvalue weighted by atomic mass is 16.4. The normalized spacial score (nSPS) is 49.2. The molecule has 0 aromatic rings. The van der Waals surface area contributed by atoms with E-state index < -0.39 is 37.2 Å². The van der Waals surface area contributed by atoms with Gasteiger partial charge in [-0.1, -0.05) is 0 Å². The average Bonchev–Trinajstić information content (AvgIpc) is 2.08. The van der Waals surface area contributed by atoms with Crippen molar-refractivity contribution in [2.75, 3.05) is 6.61 Å². The van der Waals surface area contributed by atoms with Gasteiger partial charge in [0.2, 0.25) is 0 Å². The highest BCUT2D eigenvalue weighted by molar-refractivity contribution is 4.93. The quantitative estimate of drug-likeness (QED) is 0.247. The predicted molar refractivity (Wildman–Crippen MR) is 38.0 cm³/mol. The molecule has 0 radical (unpaired) electrons. The van der Waals surface area contributed by atoms with Crippen molar-refractivity contribution in [3.8, 4) is 0 Å². The third-order valence-electron chi connectivity index (χ3n) is 2.02. The lowest BCUT2D eigenvalue weighted by atomic mass is 9.95. The molecule has 1 fully saturated rings. The number of hydrogen-bond donors (Lipinski definition) is 6. The van der Waals surface area contributed by atoms with Crippen LogP contribution in [-0.2, 0) is 0 Å². The van der Waals surface area contributed by atoms with E-state index in [2.05, 4.69) is 5.32 Å². The lowest BCUT2D eigenvalue weighted by molar-refractivity contribution is -0.161. The summed E-state index contributed by atoms with van der Waals surface area (Å²) in [5.41, 5.74) is 0. The van der Waals surface area contributed by atoms with Gasteiger partial charge in [0.05, 0.1) is 12.6 Å². The van der Waals surface area contributed by atoms with Gasteiger partial charge in [-0.05, 0) is 0 Å². The predicted octanol–water partition coefficient (Wildman–Crippen LogP) is -3.65. The second-order valence-electron chi connectivity index (χ2n) is 2.87. The third kappa shape index (κ3) is 1.58. The molecule has 72 valence electrons. The second-order valence-corrected chi connectivity index (χ2v) is 2.87. The molecule has 1 aliphatic rings. The van der Waals surface area contributed by atoms with Crippen molar-refractivity contribution in [2.24, 2.45) is 0 Å². The minimum atomic E-state index is -1.43. The van der Waals surface area contributed by atoms with Crippen molar-refractivity contribution in [1.29, 1.82) is 0 Å². The minimum Gasteiger partial charge on any atom is -0.395 e. The molecular weight excluding hydrogens is 166 g/mol. The van der Waals surface area contributed by atoms with Crippen LogP contribution in [0.25, 0.3) is 0 Å². The van der Waals surface area contributed by atoms with Gasteiger partial charge in [-0.15, -0.1) is 0 Å². The Labute approximate surface area is 69.1 Å². The standard InChI is InChI=1S/C6H13NO5/c8-1-2-3(9)4(10)5(11)6(12)7-2/h2-12H,1H2/t2-,3-,4-,5-,6?/m1/s1. The van der Waals surface area contributed by atoms with Crippen LogP contribution >= 0.6 is 0 Å². The Morgan fingerprint density at radius 3 is 2.00 bits per heavy atom. The number of rotatable bonds is 1. The first kappa shape index (κ1) is 9.85. The molecule has 0 aromatic heterocycles. The lowest BCUT2D eigenvalue weighted by Crippen LogP contribution is -2.65. The molecule has 0 bridgehead atoms. The van der Waals surface area contributed by atoms with E-state index in [0.717, 1.165) is 0 Å². The summed E-state index contributed by atoms with van der Waals surface area (Å²) in [6.45, 7) is -0.415. The molecule has 6 nitrogen and oxygen atoms in total. The summed E-state index contributed by atoms with van der Waals surface area (Å²) in [6, 6.07) is -0.807. The molecule has 0 saturated carbocycles. The number of aliphatic hydroxyl groups is 5. The zero-order valence-electron chi connectivity index (χ0n) is 6.33. The van der Waals surface area contributed by atoms with Crippen LogP contribution in [0.4, 0.5) is 0 Å². The fourth-order valence-corrected chi connectivity index (χ4v) is 1.20. The topological polar surface area (TPSA) is 113 Å². The summed E-state index contributed by atoms with van der Waals surface area (Å²) in [6.07, 6.45) is -5.45. The van der Waals surface area contributed by atoms with Gasteiger partial charge in [0.25, 0.3) is 0 Å². The van der Waals surface area contributed by atoms with Crippen molar-refractivity contribution in [2.45, 2.75) is 30.6 Å². The largest absolute Gasteiger partial charge is 0.395 e. The summed E-state index contributed by atoms with van der Waals surface area (Å²) in [5, 5.41) is 47.3. The molecular formula is C6H13NO5. The minimum absolute atomic E-state index is 0.415. The number of nitrogens with one attached hydrogen (secondary N) is 1. The molecule has 6 N–H and O–H groups in total. The third-order valence-corrected chi connectivity index (χ3v) is 2.02. The van der Waals surface area contributed by atoms with Gasteiger partial charge in [0.1, 0.15) is 24.5 Å². The van der Waals surface area contributed by atoms with Gasteiger partial charge in [-0.25, -0.2) is 0 Å². The van der Waals surface area contributed by atoms with E-state index in [4.69, 9.17) is 20.4 Å². The molecule has 0 aromatic carbocycles. The smallest absolute Gasteiger partial charge is 0.134 e. The van der Waals surface area contributed by atoms with E-state index in [1.54, 1.807) is 0 Å². The van der Waals surface area contributed by atoms with Crippen LogP contribution in [0.15, 0.2) is 0 Å². The van der Waals surface area contributed by atoms with Crippen LogP contribution < -0.4 is 5.32 Å². The van der Waals surface area contributed by atoms with Crippen LogP contribution in [0.2, 0.25) is 0 Å². The molecule has 1 saturated heterocycles. The molecule has 1 rings (SSSR count). The molecule has 6 heteroatoms. The van der Waals surface area contributed by atoms with Gasteiger partial charge in [0, 0.05) is 0 Å². The highest BCUT2D eigenvalue weighted by Gasteiger charge is 2.40. The summed E-state index contributed by atoms with van der Waals surface area (Å²) in [4.78, 5) is 0. The Bertz CT molecular complexity index is 150. The lowest BCUT2D eigenvalue weighted by Gasteiger charge is -2.38. The first-order valence-corrected chi connectivity index (χ1v) is 3.67. The van der Waals surface area contributed by atoms with Crippen molar-refractivity contribution in [1.82, 2.24) is 5.32 Å². The number of hydrogen-bond acceptors (Lipinski definition) is 6. The van der Waals surface area contributed by atoms with Gasteiger partial charge < -0.3 is 25.5 Å². The maximum atomic E-state index is 9.18. The van der Waals surface area contributed by atoms with Crippen LogP contribution in [0.3, 0.4) is 0 Å². The van der Waals surface area contributed by atoms with Gasteiger partial charge in [-0.2, -0.15) is 0 Å². The Hall–Kier alpha value is -0.240. The fraction of sp³-hybridized carbons (Fsp3) is 1.00. The van der Waals surface area contributed by atoms with Gasteiger partial charge >= 0.3 is 0 Å². The molecule has 5 atom stereocenters. The van der Waals surface area contributed by atoms with Crippen LogP contribution in [0.1, 0.15) is 0 Å². The van der Waals surface area contributed by atoms with E-state index in [-0.39, 0.29) is 0 Å². The Kier molecular flexibility index (Phi) is 2.99. The van der Waals surface area contributed by atoms with Crippen molar-refractivity contribution in [3.05, 3.63) is 0 Å².